The highest BCUT2D eigenvalue weighted by molar-refractivity contribution is 5.45. The van der Waals surface area contributed by atoms with Gasteiger partial charge in [0.1, 0.15) is 11.9 Å². The molecule has 0 saturated carbocycles. The van der Waals surface area contributed by atoms with Gasteiger partial charge in [0.15, 0.2) is 5.82 Å². The highest BCUT2D eigenvalue weighted by Gasteiger charge is 2.18. The first-order chi connectivity index (χ1) is 11.7. The summed E-state index contributed by atoms with van der Waals surface area (Å²) in [5, 5.41) is 7.29. The van der Waals surface area contributed by atoms with Crippen molar-refractivity contribution in [2.75, 3.05) is 36.5 Å². The van der Waals surface area contributed by atoms with Gasteiger partial charge in [-0.15, -0.1) is 0 Å². The van der Waals surface area contributed by atoms with Gasteiger partial charge in [-0.1, -0.05) is 19.0 Å². The van der Waals surface area contributed by atoms with Gasteiger partial charge >= 0.3 is 0 Å². The van der Waals surface area contributed by atoms with E-state index >= 15 is 0 Å². The molecule has 2 aromatic rings. The molecule has 1 fully saturated rings. The van der Waals surface area contributed by atoms with Crippen molar-refractivity contribution < 1.29 is 9.26 Å². The third kappa shape index (κ3) is 3.81. The molecular weight excluding hydrogens is 308 g/mol. The molecule has 0 bridgehead atoms. The highest BCUT2D eigenvalue weighted by Crippen LogP contribution is 2.20. The van der Waals surface area contributed by atoms with Crippen molar-refractivity contribution in [1.29, 1.82) is 0 Å². The number of aryl methyl sites for hydroxylation is 2. The molecule has 0 aliphatic carbocycles. The van der Waals surface area contributed by atoms with E-state index in [1.165, 1.54) is 0 Å². The molecule has 0 spiro atoms. The van der Waals surface area contributed by atoms with Crippen LogP contribution >= 0.6 is 0 Å². The van der Waals surface area contributed by atoms with Crippen LogP contribution in [0.4, 0.5) is 11.8 Å². The topological polar surface area (TPSA) is 89.2 Å². The summed E-state index contributed by atoms with van der Waals surface area (Å²) in [6, 6.07) is 1.85. The number of nitrogens with zero attached hydrogens (tertiary/aromatic N) is 5. The predicted molar refractivity (Wildman–Crippen MR) is 90.2 cm³/mol. The Morgan fingerprint density at radius 3 is 2.62 bits per heavy atom. The summed E-state index contributed by atoms with van der Waals surface area (Å²) in [6.07, 6.45) is 1.61. The molecule has 3 rings (SSSR count). The van der Waals surface area contributed by atoms with Crippen LogP contribution in [-0.2, 0) is 17.6 Å². The number of aromatic nitrogens is 4. The zero-order chi connectivity index (χ0) is 16.9. The Morgan fingerprint density at radius 1 is 1.17 bits per heavy atom. The van der Waals surface area contributed by atoms with Crippen LogP contribution in [-0.4, -0.2) is 46.4 Å². The molecule has 1 aliphatic rings. The van der Waals surface area contributed by atoms with Crippen molar-refractivity contribution in [2.45, 2.75) is 39.7 Å². The Hall–Kier alpha value is -2.22. The van der Waals surface area contributed by atoms with Crippen molar-refractivity contribution in [3.63, 3.8) is 0 Å². The molecule has 8 nitrogen and oxygen atoms in total. The van der Waals surface area contributed by atoms with Crippen LogP contribution in [0.25, 0.3) is 0 Å². The average molecular weight is 332 g/mol. The maximum Gasteiger partial charge on any atom is 0.248 e. The maximum atomic E-state index is 5.40. The van der Waals surface area contributed by atoms with E-state index in [0.29, 0.717) is 24.9 Å². The molecule has 0 unspecified atom stereocenters. The second-order valence-electron chi connectivity index (χ2n) is 5.77. The zero-order valence-corrected chi connectivity index (χ0v) is 14.4. The number of hydrogen-bond donors (Lipinski definition) is 1. The molecule has 1 aliphatic heterocycles. The maximum absolute atomic E-state index is 5.40. The molecule has 130 valence electrons. The zero-order valence-electron chi connectivity index (χ0n) is 14.4. The first-order valence-corrected chi connectivity index (χ1v) is 8.49. The van der Waals surface area contributed by atoms with Gasteiger partial charge in [-0.3, -0.25) is 0 Å². The Bertz CT molecular complexity index is 668. The molecular formula is C16H24N6O2. The molecule has 0 radical (unpaired) electrons. The van der Waals surface area contributed by atoms with Crippen molar-refractivity contribution in [3.8, 4) is 0 Å². The summed E-state index contributed by atoms with van der Waals surface area (Å²) >= 11 is 0. The minimum Gasteiger partial charge on any atom is -0.378 e. The summed E-state index contributed by atoms with van der Waals surface area (Å²) in [6.45, 7) is 9.11. The van der Waals surface area contributed by atoms with Gasteiger partial charge in [0.05, 0.1) is 13.2 Å². The summed E-state index contributed by atoms with van der Waals surface area (Å²) in [7, 11) is 0. The third-order valence-electron chi connectivity index (χ3n) is 3.96. The monoisotopic (exact) mass is 332 g/mol. The van der Waals surface area contributed by atoms with Crippen molar-refractivity contribution in [2.24, 2.45) is 0 Å². The number of anilines is 2. The minimum absolute atomic E-state index is 0.116. The number of morpholine rings is 1. The molecule has 24 heavy (non-hydrogen) atoms. The largest absolute Gasteiger partial charge is 0.378 e. The summed E-state index contributed by atoms with van der Waals surface area (Å²) < 4.78 is 10.7. The van der Waals surface area contributed by atoms with E-state index in [4.69, 9.17) is 9.26 Å². The first kappa shape index (κ1) is 16.6. The van der Waals surface area contributed by atoms with E-state index < -0.39 is 0 Å². The highest BCUT2D eigenvalue weighted by atomic mass is 16.5. The normalized spacial score (nSPS) is 16.2. The number of hydrogen-bond acceptors (Lipinski definition) is 8. The van der Waals surface area contributed by atoms with E-state index in [1.54, 1.807) is 0 Å². The van der Waals surface area contributed by atoms with Crippen molar-refractivity contribution in [1.82, 2.24) is 20.1 Å². The molecule has 0 aromatic carbocycles. The SMILES string of the molecule is CCc1cc(N[C@@H](C)c2nc(CC)no2)nc(N2CCOCC2)n1. The van der Waals surface area contributed by atoms with Gasteiger partial charge in [0, 0.05) is 31.3 Å². The van der Waals surface area contributed by atoms with Gasteiger partial charge < -0.3 is 19.5 Å². The third-order valence-corrected chi connectivity index (χ3v) is 3.96. The smallest absolute Gasteiger partial charge is 0.248 e. The fourth-order valence-corrected chi connectivity index (χ4v) is 2.51. The van der Waals surface area contributed by atoms with Gasteiger partial charge in [-0.25, -0.2) is 4.98 Å². The second kappa shape index (κ2) is 7.57. The molecule has 0 amide bonds. The van der Waals surface area contributed by atoms with E-state index in [-0.39, 0.29) is 6.04 Å². The van der Waals surface area contributed by atoms with Crippen LogP contribution in [0.3, 0.4) is 0 Å². The average Bonchev–Trinajstić information content (AvgIpc) is 3.11. The Balaban J connectivity index is 1.78. The van der Waals surface area contributed by atoms with Gasteiger partial charge in [0.2, 0.25) is 11.8 Å². The Labute approximate surface area is 141 Å². The van der Waals surface area contributed by atoms with E-state index in [0.717, 1.165) is 43.4 Å². The van der Waals surface area contributed by atoms with Crippen molar-refractivity contribution >= 4 is 11.8 Å². The van der Waals surface area contributed by atoms with Crippen molar-refractivity contribution in [3.05, 3.63) is 23.5 Å². The van der Waals surface area contributed by atoms with E-state index in [2.05, 4.69) is 37.2 Å². The van der Waals surface area contributed by atoms with E-state index in [1.807, 2.05) is 19.9 Å². The van der Waals surface area contributed by atoms with Gasteiger partial charge in [-0.2, -0.15) is 9.97 Å². The standard InChI is InChI=1S/C16H24N6O2/c1-4-12-10-14(17-11(3)15-19-13(5-2)21-24-15)20-16(18-12)22-6-8-23-9-7-22/h10-11H,4-9H2,1-3H3,(H,17,18,20)/t11-/m0/s1. The predicted octanol–water partition coefficient (Wildman–Crippen LogP) is 1.99. The van der Waals surface area contributed by atoms with Crippen LogP contribution in [0.1, 0.15) is 44.2 Å². The molecule has 1 atom stereocenters. The molecule has 3 heterocycles. The summed E-state index contributed by atoms with van der Waals surface area (Å²) in [4.78, 5) is 15.8. The lowest BCUT2D eigenvalue weighted by atomic mass is 10.3. The van der Waals surface area contributed by atoms with E-state index in [9.17, 15) is 0 Å². The lowest BCUT2D eigenvalue weighted by molar-refractivity contribution is 0.122. The molecule has 8 heteroatoms. The number of nitrogens with one attached hydrogen (secondary N) is 1. The Kier molecular flexibility index (Phi) is 5.24. The molecule has 2 aromatic heterocycles. The fourth-order valence-electron chi connectivity index (χ4n) is 2.51. The second-order valence-corrected chi connectivity index (χ2v) is 5.77. The van der Waals surface area contributed by atoms with Crippen LogP contribution in [0.2, 0.25) is 0 Å². The summed E-state index contributed by atoms with van der Waals surface area (Å²) in [5.41, 5.74) is 1.00. The summed E-state index contributed by atoms with van der Waals surface area (Å²) in [5.74, 6) is 2.79. The quantitative estimate of drug-likeness (QED) is 0.859. The van der Waals surface area contributed by atoms with Gasteiger partial charge in [-0.05, 0) is 13.3 Å². The Morgan fingerprint density at radius 2 is 1.96 bits per heavy atom. The lowest BCUT2D eigenvalue weighted by Gasteiger charge is -2.27. The van der Waals surface area contributed by atoms with Crippen LogP contribution in [0.15, 0.2) is 10.6 Å². The minimum atomic E-state index is -0.116. The van der Waals surface area contributed by atoms with Crippen LogP contribution in [0.5, 0.6) is 0 Å². The molecule has 1 saturated heterocycles. The number of rotatable bonds is 6. The number of ether oxygens (including phenoxy) is 1. The lowest BCUT2D eigenvalue weighted by Crippen LogP contribution is -2.37. The fraction of sp³-hybridized carbons (Fsp3) is 0.625. The first-order valence-electron chi connectivity index (χ1n) is 8.49. The van der Waals surface area contributed by atoms with Crippen LogP contribution in [0, 0.1) is 0 Å². The van der Waals surface area contributed by atoms with Gasteiger partial charge in [0.25, 0.3) is 0 Å². The molecule has 1 N–H and O–H groups in total. The van der Waals surface area contributed by atoms with Crippen LogP contribution < -0.4 is 10.2 Å².